The fourth-order valence-corrected chi connectivity index (χ4v) is 2.34. The van der Waals surface area contributed by atoms with E-state index in [0.717, 1.165) is 0 Å². The van der Waals surface area contributed by atoms with Gasteiger partial charge in [-0.15, -0.1) is 0 Å². The quantitative estimate of drug-likeness (QED) is 0.922. The summed E-state index contributed by atoms with van der Waals surface area (Å²) in [4.78, 5) is 24.5. The van der Waals surface area contributed by atoms with Gasteiger partial charge in [0.15, 0.2) is 5.82 Å². The molecular weight excluding hydrogens is 289 g/mol. The van der Waals surface area contributed by atoms with Crippen LogP contribution in [0.4, 0.5) is 4.39 Å². The highest BCUT2D eigenvalue weighted by Crippen LogP contribution is 2.23. The number of carbonyl (C=O) groups is 2. The Bertz CT molecular complexity index is 551. The maximum atomic E-state index is 13.8. The molecule has 5 nitrogen and oxygen atoms in total. The lowest BCUT2D eigenvalue weighted by Gasteiger charge is -2.26. The molecule has 1 aliphatic rings. The number of carbonyl (C=O) groups excluding carboxylic acids is 1. The zero-order chi connectivity index (χ0) is 14.9. The summed E-state index contributed by atoms with van der Waals surface area (Å²) in [7, 11) is 1.43. The first-order chi connectivity index (χ1) is 9.43. The predicted octanol–water partition coefficient (Wildman–Crippen LogP) is 1.65. The van der Waals surface area contributed by atoms with E-state index in [4.69, 9.17) is 21.4 Å². The molecule has 0 radical (unpaired) electrons. The third kappa shape index (κ3) is 2.62. The molecule has 20 heavy (non-hydrogen) atoms. The first kappa shape index (κ1) is 14.7. The fourth-order valence-electron chi connectivity index (χ4n) is 2.17. The smallest absolute Gasteiger partial charge is 0.311 e. The topological polar surface area (TPSA) is 66.8 Å². The third-order valence-electron chi connectivity index (χ3n) is 3.37. The van der Waals surface area contributed by atoms with E-state index < -0.39 is 29.7 Å². The Balaban J connectivity index is 2.24. The van der Waals surface area contributed by atoms with E-state index in [0.29, 0.717) is 0 Å². The van der Waals surface area contributed by atoms with E-state index in [1.165, 1.54) is 30.1 Å². The number of hydrogen-bond donors (Lipinski definition) is 1. The molecule has 1 fully saturated rings. The van der Waals surface area contributed by atoms with Gasteiger partial charge in [0, 0.05) is 7.05 Å². The molecule has 2 atom stereocenters. The molecule has 1 aromatic rings. The standard InChI is InChI=1S/C13H13ClFNO4/c1-16(10-6-20-5-8(10)13(18)19)12(17)7-3-2-4-9(14)11(7)15/h2-4,8,10H,5-6H2,1H3,(H,18,19). The zero-order valence-corrected chi connectivity index (χ0v) is 11.4. The van der Waals surface area contributed by atoms with Crippen LogP contribution in [0.15, 0.2) is 18.2 Å². The van der Waals surface area contributed by atoms with Crippen LogP contribution < -0.4 is 0 Å². The maximum absolute atomic E-state index is 13.8. The largest absolute Gasteiger partial charge is 0.481 e. The number of hydrogen-bond acceptors (Lipinski definition) is 3. The first-order valence-electron chi connectivity index (χ1n) is 5.95. The maximum Gasteiger partial charge on any atom is 0.311 e. The molecule has 0 aliphatic carbocycles. The summed E-state index contributed by atoms with van der Waals surface area (Å²) in [5, 5.41) is 8.92. The Labute approximate surface area is 119 Å². The highest BCUT2D eigenvalue weighted by molar-refractivity contribution is 6.31. The molecule has 1 N–H and O–H groups in total. The lowest BCUT2D eigenvalue weighted by Crippen LogP contribution is -2.44. The van der Waals surface area contributed by atoms with Gasteiger partial charge in [-0.1, -0.05) is 17.7 Å². The molecule has 0 aromatic heterocycles. The molecular formula is C13H13ClFNO4. The van der Waals surface area contributed by atoms with Gasteiger partial charge in [-0.05, 0) is 12.1 Å². The minimum Gasteiger partial charge on any atom is -0.481 e. The second-order valence-electron chi connectivity index (χ2n) is 4.57. The number of benzene rings is 1. The molecule has 0 bridgehead atoms. The van der Waals surface area contributed by atoms with E-state index in [1.54, 1.807) is 0 Å². The van der Waals surface area contributed by atoms with Gasteiger partial charge in [0.25, 0.3) is 5.91 Å². The predicted molar refractivity (Wildman–Crippen MR) is 69.2 cm³/mol. The van der Waals surface area contributed by atoms with Crippen molar-refractivity contribution in [3.05, 3.63) is 34.6 Å². The van der Waals surface area contributed by atoms with Crippen LogP contribution in [0.25, 0.3) is 0 Å². The summed E-state index contributed by atoms with van der Waals surface area (Å²) in [5.41, 5.74) is -0.184. The van der Waals surface area contributed by atoms with E-state index in [2.05, 4.69) is 0 Å². The molecule has 1 aliphatic heterocycles. The van der Waals surface area contributed by atoms with Crippen molar-refractivity contribution in [2.45, 2.75) is 6.04 Å². The normalized spacial score (nSPS) is 21.8. The minimum atomic E-state index is -1.04. The number of aliphatic carboxylic acids is 1. The Kier molecular flexibility index (Phi) is 4.25. The number of halogens is 2. The molecule has 7 heteroatoms. The van der Waals surface area contributed by atoms with E-state index in [-0.39, 0.29) is 23.8 Å². The number of ether oxygens (including phenoxy) is 1. The van der Waals surface area contributed by atoms with E-state index in [1.807, 2.05) is 0 Å². The highest BCUT2D eigenvalue weighted by atomic mass is 35.5. The fraction of sp³-hybridized carbons (Fsp3) is 0.385. The number of amides is 1. The molecule has 108 valence electrons. The van der Waals surface area contributed by atoms with Crippen molar-refractivity contribution in [1.82, 2.24) is 4.90 Å². The summed E-state index contributed by atoms with van der Waals surface area (Å²) < 4.78 is 18.9. The van der Waals surface area contributed by atoms with Crippen molar-refractivity contribution in [3.63, 3.8) is 0 Å². The van der Waals surface area contributed by atoms with Crippen LogP contribution in [0.2, 0.25) is 5.02 Å². The SMILES string of the molecule is CN(C(=O)c1cccc(Cl)c1F)C1COCC1C(=O)O. The average molecular weight is 302 g/mol. The van der Waals surface area contributed by atoms with E-state index in [9.17, 15) is 14.0 Å². The van der Waals surface area contributed by atoms with Gasteiger partial charge in [-0.2, -0.15) is 0 Å². The Morgan fingerprint density at radius 1 is 1.45 bits per heavy atom. The van der Waals surface area contributed by atoms with Crippen molar-refractivity contribution >= 4 is 23.5 Å². The van der Waals surface area contributed by atoms with Crippen molar-refractivity contribution in [3.8, 4) is 0 Å². The van der Waals surface area contributed by atoms with Gasteiger partial charge in [0.1, 0.15) is 5.92 Å². The third-order valence-corrected chi connectivity index (χ3v) is 3.66. The molecule has 0 saturated carbocycles. The lowest BCUT2D eigenvalue weighted by molar-refractivity contribution is -0.142. The minimum absolute atomic E-state index is 0.0373. The van der Waals surface area contributed by atoms with Crippen LogP contribution in [0.3, 0.4) is 0 Å². The summed E-state index contributed by atoms with van der Waals surface area (Å²) in [6.45, 7) is 0.150. The molecule has 1 aromatic carbocycles. The van der Waals surface area contributed by atoms with Gasteiger partial charge in [-0.25, -0.2) is 4.39 Å². The number of carboxylic acid groups (broad SMARTS) is 1. The van der Waals surface area contributed by atoms with Crippen LogP contribution in [-0.4, -0.2) is 48.2 Å². The average Bonchev–Trinajstić information content (AvgIpc) is 2.89. The second-order valence-corrected chi connectivity index (χ2v) is 4.97. The monoisotopic (exact) mass is 301 g/mol. The number of carboxylic acids is 1. The highest BCUT2D eigenvalue weighted by Gasteiger charge is 2.39. The van der Waals surface area contributed by atoms with Crippen LogP contribution in [0.5, 0.6) is 0 Å². The lowest BCUT2D eigenvalue weighted by atomic mass is 10.0. The van der Waals surface area contributed by atoms with Crippen LogP contribution in [-0.2, 0) is 9.53 Å². The van der Waals surface area contributed by atoms with E-state index >= 15 is 0 Å². The number of rotatable bonds is 3. The Morgan fingerprint density at radius 3 is 2.80 bits per heavy atom. The van der Waals surface area contributed by atoms with Gasteiger partial charge >= 0.3 is 5.97 Å². The molecule has 1 heterocycles. The van der Waals surface area contributed by atoms with Crippen molar-refractivity contribution in [2.75, 3.05) is 20.3 Å². The Morgan fingerprint density at radius 2 is 2.15 bits per heavy atom. The molecule has 0 spiro atoms. The molecule has 1 saturated heterocycles. The van der Waals surface area contributed by atoms with Gasteiger partial charge < -0.3 is 14.7 Å². The van der Waals surface area contributed by atoms with Gasteiger partial charge in [0.2, 0.25) is 0 Å². The van der Waals surface area contributed by atoms with Gasteiger partial charge in [-0.3, -0.25) is 9.59 Å². The molecule has 1 amide bonds. The summed E-state index contributed by atoms with van der Waals surface area (Å²) in [6.07, 6.45) is 0. The van der Waals surface area contributed by atoms with Crippen LogP contribution in [0.1, 0.15) is 10.4 Å². The van der Waals surface area contributed by atoms with Crippen LogP contribution >= 0.6 is 11.6 Å². The zero-order valence-electron chi connectivity index (χ0n) is 10.7. The van der Waals surface area contributed by atoms with Crippen molar-refractivity contribution < 1.29 is 23.8 Å². The number of nitrogens with zero attached hydrogens (tertiary/aromatic N) is 1. The van der Waals surface area contributed by atoms with Crippen molar-refractivity contribution in [1.29, 1.82) is 0 Å². The van der Waals surface area contributed by atoms with Crippen LogP contribution in [0, 0.1) is 11.7 Å². The second kappa shape index (κ2) is 5.76. The molecule has 2 unspecified atom stereocenters. The summed E-state index contributed by atoms with van der Waals surface area (Å²) in [6, 6.07) is 3.49. The van der Waals surface area contributed by atoms with Gasteiger partial charge in [0.05, 0.1) is 29.8 Å². The summed E-state index contributed by atoms with van der Waals surface area (Å²) >= 11 is 5.64. The first-order valence-corrected chi connectivity index (χ1v) is 6.33. The Hall–Kier alpha value is -1.66. The molecule has 2 rings (SSSR count). The van der Waals surface area contributed by atoms with Crippen molar-refractivity contribution in [2.24, 2.45) is 5.92 Å². The number of likely N-dealkylation sites (N-methyl/N-ethyl adjacent to an activating group) is 1. The summed E-state index contributed by atoms with van der Waals surface area (Å²) in [5.74, 6) is -3.28.